The molecule has 0 saturated heterocycles. The second kappa shape index (κ2) is 6.10. The van der Waals surface area contributed by atoms with E-state index in [0.29, 0.717) is 12.1 Å². The molecule has 1 nitrogen and oxygen atoms in total. The van der Waals surface area contributed by atoms with Gasteiger partial charge in [-0.2, -0.15) is 0 Å². The standard InChI is InChI=1S/C14H21F2N/c1-4-14(5-2,6-3)17-10-11-9-12(15)7-8-13(11)16/h7-9,17H,4-6,10H2,1-3H3. The summed E-state index contributed by atoms with van der Waals surface area (Å²) in [5, 5.41) is 3.36. The lowest BCUT2D eigenvalue weighted by atomic mass is 9.89. The van der Waals surface area contributed by atoms with Crippen molar-refractivity contribution in [2.24, 2.45) is 0 Å². The van der Waals surface area contributed by atoms with Crippen molar-refractivity contribution in [2.45, 2.75) is 52.1 Å². The van der Waals surface area contributed by atoms with Crippen LogP contribution in [0.1, 0.15) is 45.6 Å². The minimum atomic E-state index is -0.390. The Morgan fingerprint density at radius 1 is 1.06 bits per heavy atom. The van der Waals surface area contributed by atoms with Crippen LogP contribution in [0.3, 0.4) is 0 Å². The summed E-state index contributed by atoms with van der Waals surface area (Å²) >= 11 is 0. The number of halogens is 2. The fourth-order valence-electron chi connectivity index (χ4n) is 2.09. The van der Waals surface area contributed by atoms with Crippen LogP contribution in [-0.2, 0) is 6.54 Å². The van der Waals surface area contributed by atoms with E-state index in [1.807, 2.05) is 0 Å². The molecule has 0 heterocycles. The highest BCUT2D eigenvalue weighted by molar-refractivity contribution is 5.18. The predicted octanol–water partition coefficient (Wildman–Crippen LogP) is 4.02. The second-order valence-electron chi connectivity index (χ2n) is 4.43. The molecule has 0 bridgehead atoms. The van der Waals surface area contributed by atoms with Gasteiger partial charge in [-0.25, -0.2) is 8.78 Å². The molecular weight excluding hydrogens is 220 g/mol. The minimum Gasteiger partial charge on any atom is -0.307 e. The highest BCUT2D eigenvalue weighted by Gasteiger charge is 2.23. The van der Waals surface area contributed by atoms with Gasteiger partial charge in [0.05, 0.1) is 0 Å². The molecule has 0 aliphatic carbocycles. The number of hydrogen-bond acceptors (Lipinski definition) is 1. The number of rotatable bonds is 6. The third kappa shape index (κ3) is 3.50. The van der Waals surface area contributed by atoms with E-state index in [2.05, 4.69) is 26.1 Å². The Hall–Kier alpha value is -0.960. The molecule has 0 saturated carbocycles. The van der Waals surface area contributed by atoms with Crippen molar-refractivity contribution in [3.63, 3.8) is 0 Å². The van der Waals surface area contributed by atoms with Crippen LogP contribution in [0.5, 0.6) is 0 Å². The summed E-state index contributed by atoms with van der Waals surface area (Å²) in [7, 11) is 0. The Bertz CT molecular complexity index is 351. The lowest BCUT2D eigenvalue weighted by Crippen LogP contribution is -2.43. The van der Waals surface area contributed by atoms with Crippen LogP contribution in [0.2, 0.25) is 0 Å². The molecule has 0 aliphatic heterocycles. The molecule has 1 N–H and O–H groups in total. The van der Waals surface area contributed by atoms with Crippen molar-refractivity contribution in [3.8, 4) is 0 Å². The molecule has 0 aliphatic rings. The molecule has 1 aromatic carbocycles. The first-order chi connectivity index (χ1) is 8.06. The molecule has 0 aromatic heterocycles. The Labute approximate surface area is 102 Å². The molecule has 96 valence electrons. The largest absolute Gasteiger partial charge is 0.307 e. The summed E-state index contributed by atoms with van der Waals surface area (Å²) in [6, 6.07) is 3.58. The van der Waals surface area contributed by atoms with Crippen LogP contribution in [-0.4, -0.2) is 5.54 Å². The van der Waals surface area contributed by atoms with Crippen LogP contribution < -0.4 is 5.32 Å². The van der Waals surface area contributed by atoms with Gasteiger partial charge in [0, 0.05) is 17.6 Å². The molecular formula is C14H21F2N. The summed E-state index contributed by atoms with van der Waals surface area (Å²) in [5.74, 6) is -0.741. The topological polar surface area (TPSA) is 12.0 Å². The van der Waals surface area contributed by atoms with Crippen molar-refractivity contribution < 1.29 is 8.78 Å². The first kappa shape index (κ1) is 14.1. The Kier molecular flexibility index (Phi) is 5.06. The monoisotopic (exact) mass is 241 g/mol. The third-order valence-electron chi connectivity index (χ3n) is 3.69. The molecule has 17 heavy (non-hydrogen) atoms. The van der Waals surface area contributed by atoms with Gasteiger partial charge in [-0.05, 0) is 37.5 Å². The van der Waals surface area contributed by atoms with Gasteiger partial charge >= 0.3 is 0 Å². The summed E-state index contributed by atoms with van der Waals surface area (Å²) < 4.78 is 26.5. The summed E-state index contributed by atoms with van der Waals surface area (Å²) in [6.07, 6.45) is 2.95. The van der Waals surface area contributed by atoms with Crippen LogP contribution in [0, 0.1) is 11.6 Å². The summed E-state index contributed by atoms with van der Waals surface area (Å²) in [5.41, 5.74) is 0.420. The van der Waals surface area contributed by atoms with Gasteiger partial charge in [-0.1, -0.05) is 20.8 Å². The third-order valence-corrected chi connectivity index (χ3v) is 3.69. The first-order valence-corrected chi connectivity index (χ1v) is 6.26. The van der Waals surface area contributed by atoms with E-state index in [9.17, 15) is 8.78 Å². The average molecular weight is 241 g/mol. The molecule has 0 spiro atoms. The maximum atomic E-state index is 13.4. The Morgan fingerprint density at radius 2 is 1.65 bits per heavy atom. The summed E-state index contributed by atoms with van der Waals surface area (Å²) in [6.45, 7) is 6.71. The molecule has 1 rings (SSSR count). The number of nitrogens with one attached hydrogen (secondary N) is 1. The van der Waals surface area contributed by atoms with Gasteiger partial charge in [-0.3, -0.25) is 0 Å². The molecule has 1 aromatic rings. The normalized spacial score (nSPS) is 11.8. The minimum absolute atomic E-state index is 0.0265. The maximum Gasteiger partial charge on any atom is 0.127 e. The smallest absolute Gasteiger partial charge is 0.127 e. The second-order valence-corrected chi connectivity index (χ2v) is 4.43. The van der Waals surface area contributed by atoms with Gasteiger partial charge in [0.25, 0.3) is 0 Å². The van der Waals surface area contributed by atoms with E-state index in [1.165, 1.54) is 12.1 Å². The predicted molar refractivity (Wildman–Crippen MR) is 66.8 cm³/mol. The zero-order valence-electron chi connectivity index (χ0n) is 10.8. The van der Waals surface area contributed by atoms with Gasteiger partial charge in [0.1, 0.15) is 11.6 Å². The van der Waals surface area contributed by atoms with E-state index in [1.54, 1.807) is 0 Å². The Morgan fingerprint density at radius 3 is 2.18 bits per heavy atom. The van der Waals surface area contributed by atoms with Crippen molar-refractivity contribution in [1.82, 2.24) is 5.32 Å². The summed E-state index contributed by atoms with van der Waals surface area (Å²) in [4.78, 5) is 0. The zero-order valence-corrected chi connectivity index (χ0v) is 10.8. The maximum absolute atomic E-state index is 13.4. The Balaban J connectivity index is 2.75. The van der Waals surface area contributed by atoms with E-state index < -0.39 is 5.82 Å². The van der Waals surface area contributed by atoms with Crippen LogP contribution >= 0.6 is 0 Å². The van der Waals surface area contributed by atoms with Crippen molar-refractivity contribution in [3.05, 3.63) is 35.4 Å². The zero-order chi connectivity index (χ0) is 12.9. The first-order valence-electron chi connectivity index (χ1n) is 6.26. The number of benzene rings is 1. The fourth-order valence-corrected chi connectivity index (χ4v) is 2.09. The molecule has 0 radical (unpaired) electrons. The SMILES string of the molecule is CCC(CC)(CC)NCc1cc(F)ccc1F. The fraction of sp³-hybridized carbons (Fsp3) is 0.571. The van der Waals surface area contributed by atoms with E-state index in [0.717, 1.165) is 25.3 Å². The van der Waals surface area contributed by atoms with Gasteiger partial charge in [0.15, 0.2) is 0 Å². The van der Waals surface area contributed by atoms with Crippen molar-refractivity contribution >= 4 is 0 Å². The average Bonchev–Trinajstić information content (AvgIpc) is 2.35. The van der Waals surface area contributed by atoms with Crippen molar-refractivity contribution in [2.75, 3.05) is 0 Å². The molecule has 0 amide bonds. The van der Waals surface area contributed by atoms with E-state index >= 15 is 0 Å². The quantitative estimate of drug-likeness (QED) is 0.793. The van der Waals surface area contributed by atoms with Crippen molar-refractivity contribution in [1.29, 1.82) is 0 Å². The van der Waals surface area contributed by atoms with Crippen LogP contribution in [0.15, 0.2) is 18.2 Å². The highest BCUT2D eigenvalue weighted by atomic mass is 19.1. The van der Waals surface area contributed by atoms with Gasteiger partial charge in [-0.15, -0.1) is 0 Å². The highest BCUT2D eigenvalue weighted by Crippen LogP contribution is 2.20. The molecule has 3 heteroatoms. The number of hydrogen-bond donors (Lipinski definition) is 1. The van der Waals surface area contributed by atoms with E-state index in [-0.39, 0.29) is 11.4 Å². The van der Waals surface area contributed by atoms with Gasteiger partial charge in [0.2, 0.25) is 0 Å². The molecule has 0 unspecified atom stereocenters. The van der Waals surface area contributed by atoms with Gasteiger partial charge < -0.3 is 5.32 Å². The van der Waals surface area contributed by atoms with Crippen LogP contribution in [0.25, 0.3) is 0 Å². The van der Waals surface area contributed by atoms with Crippen LogP contribution in [0.4, 0.5) is 8.78 Å². The van der Waals surface area contributed by atoms with E-state index in [4.69, 9.17) is 0 Å². The lowest BCUT2D eigenvalue weighted by Gasteiger charge is -2.32. The lowest BCUT2D eigenvalue weighted by molar-refractivity contribution is 0.286. The molecule has 0 fully saturated rings. The molecule has 0 atom stereocenters.